The molecule has 44 heavy (non-hydrogen) atoms. The number of nitrogens with zero attached hydrogens (tertiary/aromatic N) is 5. The maximum Gasteiger partial charge on any atom is 0.337 e. The van der Waals surface area contributed by atoms with E-state index in [9.17, 15) is 19.3 Å². The van der Waals surface area contributed by atoms with E-state index in [0.717, 1.165) is 6.07 Å². The van der Waals surface area contributed by atoms with Crippen molar-refractivity contribution in [3.8, 4) is 23.2 Å². The molecule has 3 aromatic carbocycles. The maximum atomic E-state index is 14.3. The molecule has 0 amide bonds. The van der Waals surface area contributed by atoms with Gasteiger partial charge in [0.25, 0.3) is 5.69 Å². The fourth-order valence-electron chi connectivity index (χ4n) is 4.75. The Morgan fingerprint density at radius 1 is 1.07 bits per heavy atom. The van der Waals surface area contributed by atoms with Crippen molar-refractivity contribution < 1.29 is 28.3 Å². The van der Waals surface area contributed by atoms with E-state index in [1.807, 2.05) is 10.6 Å². The Hall–Kier alpha value is -5.67. The van der Waals surface area contributed by atoms with Gasteiger partial charge in [-0.15, -0.1) is 0 Å². The second kappa shape index (κ2) is 13.1. The van der Waals surface area contributed by atoms with Crippen LogP contribution in [0.25, 0.3) is 22.3 Å². The van der Waals surface area contributed by atoms with Crippen molar-refractivity contribution >= 4 is 22.7 Å². The van der Waals surface area contributed by atoms with Crippen LogP contribution >= 0.6 is 0 Å². The molecule has 0 saturated heterocycles. The SMILES string of the molecule is COCCn1c(Cc2ccc(-c3cccc(OCc4ccc(C#N)cc4F)n3)c([N+](=O)[O-])c2)nc2ccc(C(=O)OC)cc21. The van der Waals surface area contributed by atoms with Crippen molar-refractivity contribution in [3.05, 3.63) is 117 Å². The van der Waals surface area contributed by atoms with Gasteiger partial charge in [-0.05, 0) is 48.0 Å². The molecule has 0 aliphatic carbocycles. The topological polar surface area (TPSA) is 142 Å². The summed E-state index contributed by atoms with van der Waals surface area (Å²) in [6.45, 7) is 0.707. The van der Waals surface area contributed by atoms with Crippen LogP contribution in [0.2, 0.25) is 0 Å². The van der Waals surface area contributed by atoms with Gasteiger partial charge in [0.15, 0.2) is 0 Å². The Morgan fingerprint density at radius 2 is 1.91 bits per heavy atom. The number of aromatic nitrogens is 3. The number of halogens is 1. The summed E-state index contributed by atoms with van der Waals surface area (Å²) < 4.78 is 32.0. The van der Waals surface area contributed by atoms with Crippen molar-refractivity contribution in [1.82, 2.24) is 14.5 Å². The molecule has 0 bridgehead atoms. The lowest BCUT2D eigenvalue weighted by Gasteiger charge is -2.11. The number of hydrogen-bond donors (Lipinski definition) is 0. The normalized spacial score (nSPS) is 10.9. The molecule has 222 valence electrons. The smallest absolute Gasteiger partial charge is 0.337 e. The van der Waals surface area contributed by atoms with Gasteiger partial charge in [0.1, 0.15) is 18.2 Å². The highest BCUT2D eigenvalue weighted by Crippen LogP contribution is 2.32. The first-order chi connectivity index (χ1) is 21.3. The van der Waals surface area contributed by atoms with E-state index in [-0.39, 0.29) is 41.3 Å². The van der Waals surface area contributed by atoms with Crippen LogP contribution in [0.5, 0.6) is 5.88 Å². The zero-order chi connectivity index (χ0) is 31.2. The molecule has 12 heteroatoms. The van der Waals surface area contributed by atoms with E-state index in [0.29, 0.717) is 46.8 Å². The zero-order valence-corrected chi connectivity index (χ0v) is 23.8. The Morgan fingerprint density at radius 3 is 2.64 bits per heavy atom. The van der Waals surface area contributed by atoms with E-state index in [4.69, 9.17) is 24.5 Å². The molecule has 0 atom stereocenters. The predicted octanol–water partition coefficient (Wildman–Crippen LogP) is 5.62. The number of methoxy groups -OCH3 is 2. The van der Waals surface area contributed by atoms with Crippen LogP contribution in [0.4, 0.5) is 10.1 Å². The highest BCUT2D eigenvalue weighted by Gasteiger charge is 2.20. The summed E-state index contributed by atoms with van der Waals surface area (Å²) in [5.41, 5.74) is 3.28. The first-order valence-electron chi connectivity index (χ1n) is 13.4. The first-order valence-corrected chi connectivity index (χ1v) is 13.4. The minimum absolute atomic E-state index is 0.139. The van der Waals surface area contributed by atoms with Crippen LogP contribution in [0.1, 0.15) is 32.9 Å². The zero-order valence-electron chi connectivity index (χ0n) is 23.8. The molecule has 5 aromatic rings. The third kappa shape index (κ3) is 6.38. The van der Waals surface area contributed by atoms with Gasteiger partial charge >= 0.3 is 5.97 Å². The number of fused-ring (bicyclic) bond motifs is 1. The van der Waals surface area contributed by atoms with Crippen LogP contribution in [0.15, 0.2) is 72.8 Å². The van der Waals surface area contributed by atoms with Crippen molar-refractivity contribution in [3.63, 3.8) is 0 Å². The highest BCUT2D eigenvalue weighted by atomic mass is 19.1. The second-order valence-corrected chi connectivity index (χ2v) is 9.72. The molecule has 0 N–H and O–H groups in total. The standard InChI is InChI=1S/C32H26FN5O6/c1-42-13-12-37-29-17-22(32(39)43-2)9-11-27(29)35-30(37)16-20-7-10-24(28(15-20)38(40)41)26-4-3-5-31(36-26)44-19-23-8-6-21(18-34)14-25(23)33/h3-11,14-15,17H,12-13,16,19H2,1-2H3. The molecule has 0 unspecified atom stereocenters. The molecule has 5 rings (SSSR count). The minimum atomic E-state index is -0.578. The summed E-state index contributed by atoms with van der Waals surface area (Å²) >= 11 is 0. The van der Waals surface area contributed by atoms with Crippen LogP contribution < -0.4 is 4.74 Å². The summed E-state index contributed by atoms with van der Waals surface area (Å²) in [5, 5.41) is 21.1. The second-order valence-electron chi connectivity index (χ2n) is 9.72. The lowest BCUT2D eigenvalue weighted by atomic mass is 10.0. The summed E-state index contributed by atoms with van der Waals surface area (Å²) in [5.74, 6) is -0.248. The van der Waals surface area contributed by atoms with Gasteiger partial charge in [0.05, 0.1) is 58.1 Å². The van der Waals surface area contributed by atoms with Gasteiger partial charge in [0.2, 0.25) is 5.88 Å². The largest absolute Gasteiger partial charge is 0.473 e. The number of carbonyl (C=O) groups excluding carboxylic acids is 1. The number of esters is 1. The molecule has 0 spiro atoms. The van der Waals surface area contributed by atoms with Crippen LogP contribution in [-0.2, 0) is 29.0 Å². The van der Waals surface area contributed by atoms with Crippen molar-refractivity contribution in [2.45, 2.75) is 19.6 Å². The van der Waals surface area contributed by atoms with Gasteiger partial charge in [-0.1, -0.05) is 18.2 Å². The fraction of sp³-hybridized carbons (Fsp3) is 0.188. The number of ether oxygens (including phenoxy) is 3. The van der Waals surface area contributed by atoms with Gasteiger partial charge in [-0.3, -0.25) is 10.1 Å². The average molecular weight is 596 g/mol. The summed E-state index contributed by atoms with van der Waals surface area (Å²) in [6.07, 6.45) is 0.278. The quantitative estimate of drug-likeness (QED) is 0.108. The fourth-order valence-corrected chi connectivity index (χ4v) is 4.75. The predicted molar refractivity (Wildman–Crippen MR) is 158 cm³/mol. The monoisotopic (exact) mass is 595 g/mol. The third-order valence-corrected chi connectivity index (χ3v) is 6.95. The maximum absolute atomic E-state index is 14.3. The number of imidazole rings is 1. The number of hydrogen-bond acceptors (Lipinski definition) is 9. The number of rotatable bonds is 11. The van der Waals surface area contributed by atoms with Crippen LogP contribution in [0, 0.1) is 27.3 Å². The molecular formula is C32H26FN5O6. The molecule has 0 radical (unpaired) electrons. The number of benzene rings is 3. The van der Waals surface area contributed by atoms with Gasteiger partial charge in [-0.25, -0.2) is 19.2 Å². The third-order valence-electron chi connectivity index (χ3n) is 6.95. The van der Waals surface area contributed by atoms with E-state index in [2.05, 4.69) is 4.98 Å². The number of carbonyl (C=O) groups is 1. The van der Waals surface area contributed by atoms with Crippen molar-refractivity contribution in [2.24, 2.45) is 0 Å². The van der Waals surface area contributed by atoms with E-state index in [1.165, 1.54) is 25.3 Å². The molecular weight excluding hydrogens is 569 g/mol. The summed E-state index contributed by atoms with van der Waals surface area (Å²) in [6, 6.07) is 20.7. The van der Waals surface area contributed by atoms with Crippen molar-refractivity contribution in [2.75, 3.05) is 20.8 Å². The summed E-state index contributed by atoms with van der Waals surface area (Å²) in [7, 11) is 2.90. The van der Waals surface area contributed by atoms with E-state index in [1.54, 1.807) is 55.6 Å². The highest BCUT2D eigenvalue weighted by molar-refractivity contribution is 5.93. The molecule has 0 aliphatic rings. The van der Waals surface area contributed by atoms with Crippen LogP contribution in [0.3, 0.4) is 0 Å². The average Bonchev–Trinajstić information content (AvgIpc) is 3.38. The van der Waals surface area contributed by atoms with Gasteiger partial charge < -0.3 is 18.8 Å². The Kier molecular flexibility index (Phi) is 8.87. The number of pyridine rings is 1. The van der Waals surface area contributed by atoms with Crippen molar-refractivity contribution in [1.29, 1.82) is 5.26 Å². The Labute approximate surface area is 251 Å². The molecule has 0 aliphatic heterocycles. The number of nitro benzene ring substituents is 1. The summed E-state index contributed by atoms with van der Waals surface area (Å²) in [4.78, 5) is 32.9. The lowest BCUT2D eigenvalue weighted by molar-refractivity contribution is -0.384. The Balaban J connectivity index is 1.43. The van der Waals surface area contributed by atoms with E-state index < -0.39 is 16.7 Å². The molecule has 11 nitrogen and oxygen atoms in total. The van der Waals surface area contributed by atoms with Crippen LogP contribution in [-0.4, -0.2) is 46.3 Å². The lowest BCUT2D eigenvalue weighted by Crippen LogP contribution is -2.09. The number of nitro groups is 1. The Bertz CT molecular complexity index is 1920. The number of nitriles is 1. The van der Waals surface area contributed by atoms with E-state index >= 15 is 0 Å². The molecule has 0 saturated carbocycles. The van der Waals surface area contributed by atoms with Gasteiger partial charge in [0, 0.05) is 37.8 Å². The van der Waals surface area contributed by atoms with Gasteiger partial charge in [-0.2, -0.15) is 5.26 Å². The first kappa shape index (κ1) is 29.8. The molecule has 2 heterocycles. The molecule has 0 fully saturated rings. The minimum Gasteiger partial charge on any atom is -0.473 e. The molecule has 2 aromatic heterocycles.